The zero-order chi connectivity index (χ0) is 13.1. The highest BCUT2D eigenvalue weighted by Gasteiger charge is 2.14. The molecule has 0 N–H and O–H groups in total. The Morgan fingerprint density at radius 2 is 2.11 bits per heavy atom. The van der Waals surface area contributed by atoms with Crippen LogP contribution in [0.1, 0.15) is 30.9 Å². The maximum Gasteiger partial charge on any atom is 0.0953 e. The summed E-state index contributed by atoms with van der Waals surface area (Å²) in [6, 6.07) is 0. The number of aryl methyl sites for hydroxylation is 2. The van der Waals surface area contributed by atoms with Gasteiger partial charge in [0.1, 0.15) is 0 Å². The lowest BCUT2D eigenvalue weighted by Gasteiger charge is -2.05. The van der Waals surface area contributed by atoms with Crippen LogP contribution in [0.5, 0.6) is 0 Å². The Labute approximate surface area is 117 Å². The van der Waals surface area contributed by atoms with Crippen LogP contribution in [0.2, 0.25) is 5.02 Å². The zero-order valence-corrected chi connectivity index (χ0v) is 12.0. The van der Waals surface area contributed by atoms with Crippen LogP contribution in [0.25, 0.3) is 0 Å². The molecule has 0 unspecified atom stereocenters. The minimum absolute atomic E-state index is 0.425. The number of rotatable bonds is 5. The molecule has 0 saturated heterocycles. The van der Waals surface area contributed by atoms with Gasteiger partial charge in [0.2, 0.25) is 0 Å². The number of alkyl halides is 1. The Kier molecular flexibility index (Phi) is 4.30. The van der Waals surface area contributed by atoms with Crippen molar-refractivity contribution in [3.63, 3.8) is 0 Å². The zero-order valence-electron chi connectivity index (χ0n) is 10.5. The van der Waals surface area contributed by atoms with Crippen molar-refractivity contribution in [2.45, 2.75) is 39.2 Å². The second-order valence-corrected chi connectivity index (χ2v) is 4.69. The first kappa shape index (κ1) is 13.4. The van der Waals surface area contributed by atoms with Crippen molar-refractivity contribution < 1.29 is 0 Å². The summed E-state index contributed by atoms with van der Waals surface area (Å²) in [5, 5.41) is 5.26. The van der Waals surface area contributed by atoms with Crippen molar-refractivity contribution >= 4 is 23.2 Å². The van der Waals surface area contributed by atoms with Crippen LogP contribution in [0, 0.1) is 0 Å². The molecule has 4 nitrogen and oxygen atoms in total. The van der Waals surface area contributed by atoms with Gasteiger partial charge in [-0.3, -0.25) is 4.68 Å². The lowest BCUT2D eigenvalue weighted by atomic mass is 10.3. The second kappa shape index (κ2) is 5.76. The quantitative estimate of drug-likeness (QED) is 0.792. The Morgan fingerprint density at radius 1 is 1.33 bits per heavy atom. The lowest BCUT2D eigenvalue weighted by Crippen LogP contribution is -2.07. The molecule has 2 aromatic rings. The van der Waals surface area contributed by atoms with Gasteiger partial charge in [0, 0.05) is 12.7 Å². The van der Waals surface area contributed by atoms with E-state index in [9.17, 15) is 0 Å². The molecule has 0 radical (unpaired) electrons. The molecule has 6 heteroatoms. The molecule has 0 atom stereocenters. The van der Waals surface area contributed by atoms with Gasteiger partial charge in [0.05, 0.1) is 40.9 Å². The van der Waals surface area contributed by atoms with Crippen LogP contribution < -0.4 is 0 Å². The molecular formula is C12H16Cl2N4. The van der Waals surface area contributed by atoms with Crippen LogP contribution in [0.15, 0.2) is 12.5 Å². The monoisotopic (exact) mass is 286 g/mol. The van der Waals surface area contributed by atoms with Gasteiger partial charge in [0.25, 0.3) is 0 Å². The third kappa shape index (κ3) is 2.54. The van der Waals surface area contributed by atoms with Gasteiger partial charge in [-0.05, 0) is 13.3 Å². The Morgan fingerprint density at radius 3 is 2.67 bits per heavy atom. The average Bonchev–Trinajstić information content (AvgIpc) is 2.96. The number of halogens is 2. The van der Waals surface area contributed by atoms with E-state index in [-0.39, 0.29) is 0 Å². The Hall–Kier alpha value is -1.00. The highest BCUT2D eigenvalue weighted by Crippen LogP contribution is 2.22. The first-order chi connectivity index (χ1) is 8.69. The SMILES string of the molecule is CCc1nn(CC)c(Cn2cnc(CCl)c2)c1Cl. The standard InChI is InChI=1S/C12H16Cl2N4/c1-3-10-12(14)11(18(4-2)16-10)7-17-6-9(5-13)15-8-17/h6,8H,3-5,7H2,1-2H3. The molecule has 2 aromatic heterocycles. The van der Waals surface area contributed by atoms with Crippen LogP contribution in [0.3, 0.4) is 0 Å². The number of aromatic nitrogens is 4. The highest BCUT2D eigenvalue weighted by atomic mass is 35.5. The molecule has 2 heterocycles. The van der Waals surface area contributed by atoms with Gasteiger partial charge in [-0.2, -0.15) is 5.10 Å². The molecule has 0 saturated carbocycles. The molecule has 0 aliphatic heterocycles. The van der Waals surface area contributed by atoms with E-state index >= 15 is 0 Å². The van der Waals surface area contributed by atoms with Crippen LogP contribution in [0.4, 0.5) is 0 Å². The molecular weight excluding hydrogens is 271 g/mol. The van der Waals surface area contributed by atoms with Gasteiger partial charge >= 0.3 is 0 Å². The molecule has 98 valence electrons. The van der Waals surface area contributed by atoms with Gasteiger partial charge in [-0.1, -0.05) is 18.5 Å². The van der Waals surface area contributed by atoms with Crippen LogP contribution in [-0.4, -0.2) is 19.3 Å². The summed E-state index contributed by atoms with van der Waals surface area (Å²) in [4.78, 5) is 4.20. The van der Waals surface area contributed by atoms with E-state index in [0.29, 0.717) is 12.4 Å². The van der Waals surface area contributed by atoms with E-state index in [1.165, 1.54) is 0 Å². The summed E-state index contributed by atoms with van der Waals surface area (Å²) < 4.78 is 3.92. The summed E-state index contributed by atoms with van der Waals surface area (Å²) in [6.45, 7) is 5.60. The summed E-state index contributed by atoms with van der Waals surface area (Å²) in [7, 11) is 0. The van der Waals surface area contributed by atoms with Crippen molar-refractivity contribution in [2.24, 2.45) is 0 Å². The average molecular weight is 287 g/mol. The van der Waals surface area contributed by atoms with E-state index in [4.69, 9.17) is 23.2 Å². The number of hydrogen-bond donors (Lipinski definition) is 0. The molecule has 18 heavy (non-hydrogen) atoms. The fourth-order valence-corrected chi connectivity index (χ4v) is 2.37. The summed E-state index contributed by atoms with van der Waals surface area (Å²) >= 11 is 12.1. The largest absolute Gasteiger partial charge is 0.331 e. The maximum atomic E-state index is 6.36. The van der Waals surface area contributed by atoms with Gasteiger partial charge in [-0.15, -0.1) is 11.6 Å². The molecule has 0 amide bonds. The molecule has 0 spiro atoms. The molecule has 0 aliphatic carbocycles. The van der Waals surface area contributed by atoms with E-state index in [1.54, 1.807) is 6.33 Å². The normalized spacial score (nSPS) is 11.1. The Bertz CT molecular complexity index is 530. The third-order valence-electron chi connectivity index (χ3n) is 2.85. The summed E-state index contributed by atoms with van der Waals surface area (Å²) in [6.07, 6.45) is 4.55. The smallest absolute Gasteiger partial charge is 0.0953 e. The number of nitrogens with zero attached hydrogens (tertiary/aromatic N) is 4. The number of imidazole rings is 1. The van der Waals surface area contributed by atoms with E-state index < -0.39 is 0 Å². The van der Waals surface area contributed by atoms with Gasteiger partial charge in [-0.25, -0.2) is 4.98 Å². The minimum atomic E-state index is 0.425. The first-order valence-electron chi connectivity index (χ1n) is 6.00. The predicted octanol–water partition coefficient (Wildman–Crippen LogP) is 3.10. The fourth-order valence-electron chi connectivity index (χ4n) is 1.90. The van der Waals surface area contributed by atoms with Crippen LogP contribution in [-0.2, 0) is 25.4 Å². The van der Waals surface area contributed by atoms with E-state index in [2.05, 4.69) is 23.9 Å². The molecule has 0 fully saturated rings. The second-order valence-electron chi connectivity index (χ2n) is 4.05. The predicted molar refractivity (Wildman–Crippen MR) is 73.2 cm³/mol. The lowest BCUT2D eigenvalue weighted by molar-refractivity contribution is 0.594. The van der Waals surface area contributed by atoms with Crippen molar-refractivity contribution in [2.75, 3.05) is 0 Å². The first-order valence-corrected chi connectivity index (χ1v) is 6.91. The molecule has 0 aliphatic rings. The highest BCUT2D eigenvalue weighted by molar-refractivity contribution is 6.31. The summed E-state index contributed by atoms with van der Waals surface area (Å²) in [5.74, 6) is 0.425. The maximum absolute atomic E-state index is 6.36. The molecule has 0 bridgehead atoms. The molecule has 2 rings (SSSR count). The molecule has 0 aromatic carbocycles. The van der Waals surface area contributed by atoms with Crippen molar-refractivity contribution in [3.05, 3.63) is 34.6 Å². The van der Waals surface area contributed by atoms with E-state index in [1.807, 2.05) is 15.4 Å². The summed E-state index contributed by atoms with van der Waals surface area (Å²) in [5.41, 5.74) is 2.84. The Balaban J connectivity index is 2.29. The number of hydrogen-bond acceptors (Lipinski definition) is 2. The van der Waals surface area contributed by atoms with Crippen molar-refractivity contribution in [1.29, 1.82) is 0 Å². The van der Waals surface area contributed by atoms with Gasteiger partial charge < -0.3 is 4.57 Å². The van der Waals surface area contributed by atoms with Crippen molar-refractivity contribution in [3.8, 4) is 0 Å². The van der Waals surface area contributed by atoms with Crippen LogP contribution >= 0.6 is 23.2 Å². The third-order valence-corrected chi connectivity index (χ3v) is 3.56. The van der Waals surface area contributed by atoms with E-state index in [0.717, 1.165) is 35.1 Å². The minimum Gasteiger partial charge on any atom is -0.331 e. The van der Waals surface area contributed by atoms with Crippen molar-refractivity contribution in [1.82, 2.24) is 19.3 Å². The fraction of sp³-hybridized carbons (Fsp3) is 0.500. The topological polar surface area (TPSA) is 35.6 Å². The van der Waals surface area contributed by atoms with Gasteiger partial charge in [0.15, 0.2) is 0 Å².